The molecule has 0 radical (unpaired) electrons. The van der Waals surface area contributed by atoms with E-state index in [0.29, 0.717) is 17.3 Å². The van der Waals surface area contributed by atoms with Crippen LogP contribution < -0.4 is 5.73 Å². The first-order valence-electron chi connectivity index (χ1n) is 6.37. The summed E-state index contributed by atoms with van der Waals surface area (Å²) in [6.07, 6.45) is 0. The molecule has 0 unspecified atom stereocenters. The Labute approximate surface area is 119 Å². The molecule has 0 aliphatic carbocycles. The zero-order valence-corrected chi connectivity index (χ0v) is 12.4. The lowest BCUT2D eigenvalue weighted by Crippen LogP contribution is -2.61. The van der Waals surface area contributed by atoms with Gasteiger partial charge in [0.25, 0.3) is 0 Å². The summed E-state index contributed by atoms with van der Waals surface area (Å²) in [5, 5.41) is 0.655. The first-order chi connectivity index (χ1) is 8.84. The number of nitrogens with two attached hydrogens (primary N) is 1. The highest BCUT2D eigenvalue weighted by atomic mass is 35.5. The topological polar surface area (TPSA) is 49.6 Å². The molecule has 5 heteroatoms. The molecule has 2 N–H and O–H groups in total. The summed E-state index contributed by atoms with van der Waals surface area (Å²) in [4.78, 5) is 16.1. The summed E-state index contributed by atoms with van der Waals surface area (Å²) in [6.45, 7) is 6.03. The number of likely N-dealkylation sites (N-methyl/N-ethyl adjacent to an activating group) is 1. The predicted octanol–water partition coefficient (Wildman–Crippen LogP) is 1.97. The number of carbonyl (C=O) groups excluding carboxylic acids is 1. The van der Waals surface area contributed by atoms with Crippen molar-refractivity contribution >= 4 is 23.2 Å². The van der Waals surface area contributed by atoms with Gasteiger partial charge in [-0.1, -0.05) is 17.7 Å². The maximum Gasteiger partial charge on any atom is 0.242 e. The highest BCUT2D eigenvalue weighted by Gasteiger charge is 2.40. The van der Waals surface area contributed by atoms with Crippen molar-refractivity contribution in [3.05, 3.63) is 28.8 Å². The van der Waals surface area contributed by atoms with E-state index in [-0.39, 0.29) is 5.91 Å². The Hall–Kier alpha value is -1.26. The van der Waals surface area contributed by atoms with E-state index in [1.165, 1.54) is 0 Å². The molecule has 1 aromatic carbocycles. The number of nitrogen functional groups attached to an aromatic ring is 1. The van der Waals surface area contributed by atoms with Gasteiger partial charge in [0.15, 0.2) is 0 Å². The number of hydrogen-bond acceptors (Lipinski definition) is 3. The zero-order chi connectivity index (χ0) is 14.2. The molecule has 1 aliphatic heterocycles. The van der Waals surface area contributed by atoms with Crippen LogP contribution in [0, 0.1) is 0 Å². The van der Waals surface area contributed by atoms with Crippen molar-refractivity contribution in [2.75, 3.05) is 25.9 Å². The van der Waals surface area contributed by atoms with Gasteiger partial charge in [0.1, 0.15) is 0 Å². The van der Waals surface area contributed by atoms with Crippen molar-refractivity contribution in [3.63, 3.8) is 0 Å². The number of hydrogen-bond donors (Lipinski definition) is 1. The number of rotatable bonds is 2. The third kappa shape index (κ3) is 2.55. The van der Waals surface area contributed by atoms with E-state index in [9.17, 15) is 4.79 Å². The Morgan fingerprint density at radius 3 is 2.68 bits per heavy atom. The Bertz CT molecular complexity index is 481. The minimum Gasteiger partial charge on any atom is -0.398 e. The van der Waals surface area contributed by atoms with Gasteiger partial charge in [-0.05, 0) is 26.0 Å². The van der Waals surface area contributed by atoms with Crippen LogP contribution in [0.15, 0.2) is 18.2 Å². The van der Waals surface area contributed by atoms with Crippen molar-refractivity contribution in [2.45, 2.75) is 25.9 Å². The van der Waals surface area contributed by atoms with Gasteiger partial charge >= 0.3 is 0 Å². The van der Waals surface area contributed by atoms with E-state index >= 15 is 0 Å². The Kier molecular flexibility index (Phi) is 3.74. The van der Waals surface area contributed by atoms with Crippen molar-refractivity contribution in [3.8, 4) is 0 Å². The third-order valence-corrected chi connectivity index (χ3v) is 4.22. The Morgan fingerprint density at radius 2 is 2.05 bits per heavy atom. The summed E-state index contributed by atoms with van der Waals surface area (Å²) < 4.78 is 0. The van der Waals surface area contributed by atoms with Crippen LogP contribution in [0.4, 0.5) is 5.69 Å². The maximum atomic E-state index is 12.2. The molecule has 0 bridgehead atoms. The van der Waals surface area contributed by atoms with Gasteiger partial charge in [0, 0.05) is 43.0 Å². The van der Waals surface area contributed by atoms with Gasteiger partial charge in [0.2, 0.25) is 5.91 Å². The monoisotopic (exact) mass is 281 g/mol. The van der Waals surface area contributed by atoms with Crippen LogP contribution in [0.2, 0.25) is 5.02 Å². The molecule has 1 aromatic rings. The average molecular weight is 282 g/mol. The number of anilines is 1. The maximum absolute atomic E-state index is 12.2. The Morgan fingerprint density at radius 1 is 1.37 bits per heavy atom. The SMILES string of the molecule is CN1CCN(Cc2c(N)cccc2Cl)C(C)(C)C1=O. The first-order valence-corrected chi connectivity index (χ1v) is 6.75. The number of carbonyl (C=O) groups is 1. The number of nitrogens with zero attached hydrogens (tertiary/aromatic N) is 2. The normalized spacial score (nSPS) is 19.8. The third-order valence-electron chi connectivity index (χ3n) is 3.87. The van der Waals surface area contributed by atoms with Gasteiger partial charge in [0.05, 0.1) is 5.54 Å². The average Bonchev–Trinajstić information content (AvgIpc) is 2.34. The van der Waals surface area contributed by atoms with Crippen molar-refractivity contribution in [2.24, 2.45) is 0 Å². The van der Waals surface area contributed by atoms with Crippen LogP contribution in [-0.2, 0) is 11.3 Å². The van der Waals surface area contributed by atoms with Crippen molar-refractivity contribution in [1.82, 2.24) is 9.80 Å². The predicted molar refractivity (Wildman–Crippen MR) is 78.0 cm³/mol. The quantitative estimate of drug-likeness (QED) is 0.844. The van der Waals surface area contributed by atoms with Gasteiger partial charge < -0.3 is 10.6 Å². The lowest BCUT2D eigenvalue weighted by Gasteiger charge is -2.45. The van der Waals surface area contributed by atoms with Crippen molar-refractivity contribution < 1.29 is 4.79 Å². The molecule has 0 spiro atoms. The lowest BCUT2D eigenvalue weighted by atomic mass is 9.96. The van der Waals surface area contributed by atoms with Gasteiger partial charge in [-0.15, -0.1) is 0 Å². The zero-order valence-electron chi connectivity index (χ0n) is 11.6. The van der Waals surface area contributed by atoms with E-state index in [2.05, 4.69) is 4.90 Å². The van der Waals surface area contributed by atoms with Crippen LogP contribution in [-0.4, -0.2) is 41.4 Å². The summed E-state index contributed by atoms with van der Waals surface area (Å²) in [5.41, 5.74) is 7.03. The summed E-state index contributed by atoms with van der Waals surface area (Å²) in [5.74, 6) is 0.129. The first kappa shape index (κ1) is 14.2. The van der Waals surface area contributed by atoms with Crippen LogP contribution in [0.3, 0.4) is 0 Å². The highest BCUT2D eigenvalue weighted by molar-refractivity contribution is 6.31. The van der Waals surface area contributed by atoms with E-state index < -0.39 is 5.54 Å². The van der Waals surface area contributed by atoms with Crippen LogP contribution in [0.25, 0.3) is 0 Å². The largest absolute Gasteiger partial charge is 0.398 e. The van der Waals surface area contributed by atoms with Crippen molar-refractivity contribution in [1.29, 1.82) is 0 Å². The minimum atomic E-state index is -0.529. The van der Waals surface area contributed by atoms with Gasteiger partial charge in [-0.25, -0.2) is 0 Å². The van der Waals surface area contributed by atoms with E-state index in [4.69, 9.17) is 17.3 Å². The second-order valence-corrected chi connectivity index (χ2v) is 5.92. The van der Waals surface area contributed by atoms with Crippen LogP contribution in [0.5, 0.6) is 0 Å². The lowest BCUT2D eigenvalue weighted by molar-refractivity contribution is -0.147. The second-order valence-electron chi connectivity index (χ2n) is 5.51. The summed E-state index contributed by atoms with van der Waals surface area (Å²) in [6, 6.07) is 5.51. The van der Waals surface area contributed by atoms with E-state index in [1.807, 2.05) is 39.1 Å². The fourth-order valence-electron chi connectivity index (χ4n) is 2.46. The Balaban J connectivity index is 2.26. The van der Waals surface area contributed by atoms with E-state index in [1.54, 1.807) is 4.90 Å². The number of benzene rings is 1. The molecule has 1 heterocycles. The molecule has 2 rings (SSSR count). The van der Waals surface area contributed by atoms with E-state index in [0.717, 1.165) is 18.7 Å². The van der Waals surface area contributed by atoms with Gasteiger partial charge in [-0.3, -0.25) is 9.69 Å². The molecule has 1 saturated heterocycles. The van der Waals surface area contributed by atoms with Gasteiger partial charge in [-0.2, -0.15) is 0 Å². The molecule has 0 atom stereocenters. The molecule has 1 aliphatic rings. The molecule has 104 valence electrons. The smallest absolute Gasteiger partial charge is 0.242 e. The standard InChI is InChI=1S/C14H20ClN3O/c1-14(2)13(19)17(3)7-8-18(14)9-10-11(15)5-4-6-12(10)16/h4-6H,7-9,16H2,1-3H3. The number of piperazine rings is 1. The molecule has 4 nitrogen and oxygen atoms in total. The fourth-order valence-corrected chi connectivity index (χ4v) is 2.71. The molecule has 0 saturated carbocycles. The number of amides is 1. The molecule has 1 amide bonds. The summed E-state index contributed by atoms with van der Waals surface area (Å²) >= 11 is 6.20. The molecule has 19 heavy (non-hydrogen) atoms. The highest BCUT2D eigenvalue weighted by Crippen LogP contribution is 2.29. The minimum absolute atomic E-state index is 0.129. The molecule has 0 aromatic heterocycles. The van der Waals surface area contributed by atoms with Crippen LogP contribution >= 0.6 is 11.6 Å². The molecule has 1 fully saturated rings. The molecular formula is C14H20ClN3O. The fraction of sp³-hybridized carbons (Fsp3) is 0.500. The van der Waals surface area contributed by atoms with Crippen LogP contribution in [0.1, 0.15) is 19.4 Å². The number of halogens is 1. The second kappa shape index (κ2) is 5.02. The molecular weight excluding hydrogens is 262 g/mol. The summed E-state index contributed by atoms with van der Waals surface area (Å²) in [7, 11) is 1.84.